The minimum atomic E-state index is -0.253. The molecule has 0 aliphatic carbocycles. The molecule has 1 atom stereocenters. The number of hydrogen-bond donors (Lipinski definition) is 1. The van der Waals surface area contributed by atoms with Crippen molar-refractivity contribution >= 4 is 11.8 Å². The van der Waals surface area contributed by atoms with Gasteiger partial charge in [0, 0.05) is 51.7 Å². The van der Waals surface area contributed by atoms with Crippen LogP contribution in [0.4, 0.5) is 0 Å². The molecule has 2 amide bonds. The monoisotopic (exact) mass is 305 g/mol. The van der Waals surface area contributed by atoms with Crippen LogP contribution in [0.2, 0.25) is 0 Å². The van der Waals surface area contributed by atoms with Gasteiger partial charge in [0.1, 0.15) is 0 Å². The van der Waals surface area contributed by atoms with Crippen molar-refractivity contribution < 1.29 is 14.3 Å². The molecule has 0 spiro atoms. The quantitative estimate of drug-likeness (QED) is 0.727. The molecule has 1 aliphatic rings. The maximum absolute atomic E-state index is 12.2. The highest BCUT2D eigenvalue weighted by Gasteiger charge is 2.33. The van der Waals surface area contributed by atoms with Crippen molar-refractivity contribution in [3.05, 3.63) is 30.1 Å². The number of carbonyl (C=O) groups is 2. The predicted octanol–water partition coefficient (Wildman–Crippen LogP) is 0.973. The van der Waals surface area contributed by atoms with Crippen LogP contribution in [-0.4, -0.2) is 48.0 Å². The van der Waals surface area contributed by atoms with Crippen LogP contribution in [0.3, 0.4) is 0 Å². The Hall–Kier alpha value is -1.95. The molecule has 1 N–H and O–H groups in total. The fraction of sp³-hybridized carbons (Fsp3) is 0.562. The molecule has 1 aromatic heterocycles. The van der Waals surface area contributed by atoms with Gasteiger partial charge >= 0.3 is 0 Å². The maximum atomic E-state index is 12.2. The van der Waals surface area contributed by atoms with Crippen LogP contribution in [0.1, 0.15) is 25.3 Å². The second-order valence-corrected chi connectivity index (χ2v) is 5.37. The highest BCUT2D eigenvalue weighted by atomic mass is 16.5. The van der Waals surface area contributed by atoms with Crippen molar-refractivity contribution in [3.8, 4) is 0 Å². The normalized spacial score (nSPS) is 17.8. The molecule has 0 bridgehead atoms. The summed E-state index contributed by atoms with van der Waals surface area (Å²) in [4.78, 5) is 29.8. The lowest BCUT2D eigenvalue weighted by Gasteiger charge is -2.16. The molecule has 1 unspecified atom stereocenters. The molecular weight excluding hydrogens is 282 g/mol. The van der Waals surface area contributed by atoms with E-state index in [9.17, 15) is 9.59 Å². The van der Waals surface area contributed by atoms with E-state index in [1.54, 1.807) is 17.3 Å². The molecule has 2 rings (SSSR count). The molecule has 1 fully saturated rings. The average molecular weight is 305 g/mol. The number of likely N-dealkylation sites (tertiary alicyclic amines) is 1. The van der Waals surface area contributed by atoms with Gasteiger partial charge in [0.15, 0.2) is 0 Å². The van der Waals surface area contributed by atoms with Gasteiger partial charge in [-0.15, -0.1) is 0 Å². The van der Waals surface area contributed by atoms with E-state index >= 15 is 0 Å². The first-order valence-corrected chi connectivity index (χ1v) is 7.73. The van der Waals surface area contributed by atoms with Crippen molar-refractivity contribution in [2.75, 3.05) is 26.3 Å². The van der Waals surface area contributed by atoms with Crippen LogP contribution in [-0.2, 0) is 20.9 Å². The Labute approximate surface area is 130 Å². The molecule has 1 saturated heterocycles. The molecule has 1 aromatic rings. The molecule has 6 heteroatoms. The van der Waals surface area contributed by atoms with Gasteiger partial charge in [0.05, 0.1) is 5.92 Å². The minimum Gasteiger partial charge on any atom is -0.382 e. The smallest absolute Gasteiger partial charge is 0.225 e. The van der Waals surface area contributed by atoms with E-state index in [0.29, 0.717) is 39.3 Å². The third-order valence-electron chi connectivity index (χ3n) is 3.70. The summed E-state index contributed by atoms with van der Waals surface area (Å²) < 4.78 is 5.27. The maximum Gasteiger partial charge on any atom is 0.225 e. The van der Waals surface area contributed by atoms with Gasteiger partial charge in [0.2, 0.25) is 11.8 Å². The van der Waals surface area contributed by atoms with Gasteiger partial charge in [-0.1, -0.05) is 6.07 Å². The van der Waals surface area contributed by atoms with E-state index in [4.69, 9.17) is 4.74 Å². The van der Waals surface area contributed by atoms with E-state index in [1.807, 2.05) is 19.1 Å². The van der Waals surface area contributed by atoms with E-state index in [-0.39, 0.29) is 17.7 Å². The molecule has 0 saturated carbocycles. The number of hydrogen-bond acceptors (Lipinski definition) is 4. The number of ether oxygens (including phenoxy) is 1. The first-order valence-electron chi connectivity index (χ1n) is 7.73. The second-order valence-electron chi connectivity index (χ2n) is 5.37. The Morgan fingerprint density at radius 3 is 3.14 bits per heavy atom. The van der Waals surface area contributed by atoms with Gasteiger partial charge in [-0.05, 0) is 25.0 Å². The van der Waals surface area contributed by atoms with Crippen molar-refractivity contribution in [1.29, 1.82) is 0 Å². The number of amides is 2. The number of aromatic nitrogens is 1. The molecule has 1 aliphatic heterocycles. The van der Waals surface area contributed by atoms with Crippen LogP contribution in [0.25, 0.3) is 0 Å². The lowest BCUT2D eigenvalue weighted by Crippen LogP contribution is -2.33. The molecule has 0 aromatic carbocycles. The summed E-state index contributed by atoms with van der Waals surface area (Å²) in [6.07, 6.45) is 4.53. The Balaban J connectivity index is 1.73. The topological polar surface area (TPSA) is 71.5 Å². The summed E-state index contributed by atoms with van der Waals surface area (Å²) in [5, 5.41) is 2.88. The highest BCUT2D eigenvalue weighted by Crippen LogP contribution is 2.18. The van der Waals surface area contributed by atoms with Crippen LogP contribution in [0.15, 0.2) is 24.5 Å². The Bertz CT molecular complexity index is 493. The summed E-state index contributed by atoms with van der Waals surface area (Å²) in [7, 11) is 0. The van der Waals surface area contributed by atoms with E-state index in [0.717, 1.165) is 12.0 Å². The van der Waals surface area contributed by atoms with Crippen LogP contribution < -0.4 is 5.32 Å². The SMILES string of the molecule is CCOCCCN1CC(C(=O)NCc2cccnc2)CC1=O. The zero-order chi connectivity index (χ0) is 15.8. The van der Waals surface area contributed by atoms with Crippen molar-refractivity contribution in [2.24, 2.45) is 5.92 Å². The van der Waals surface area contributed by atoms with Gasteiger partial charge < -0.3 is 15.0 Å². The number of pyridine rings is 1. The zero-order valence-electron chi connectivity index (χ0n) is 13.0. The van der Waals surface area contributed by atoms with Gasteiger partial charge in [-0.3, -0.25) is 14.6 Å². The number of nitrogens with one attached hydrogen (secondary N) is 1. The summed E-state index contributed by atoms with van der Waals surface area (Å²) in [5.74, 6) is -0.265. The average Bonchev–Trinajstić information content (AvgIpc) is 2.91. The molecule has 2 heterocycles. The number of carbonyl (C=O) groups excluding carboxylic acids is 2. The molecule has 22 heavy (non-hydrogen) atoms. The molecule has 120 valence electrons. The predicted molar refractivity (Wildman–Crippen MR) is 81.9 cm³/mol. The minimum absolute atomic E-state index is 0.0537. The lowest BCUT2D eigenvalue weighted by molar-refractivity contribution is -0.129. The number of nitrogens with zero attached hydrogens (tertiary/aromatic N) is 2. The van der Waals surface area contributed by atoms with Crippen molar-refractivity contribution in [2.45, 2.75) is 26.3 Å². The standard InChI is InChI=1S/C16H23N3O3/c1-2-22-8-4-7-19-12-14(9-15(19)20)16(21)18-11-13-5-3-6-17-10-13/h3,5-6,10,14H,2,4,7-9,11-12H2,1H3,(H,18,21). The first-order chi connectivity index (χ1) is 10.7. The van der Waals surface area contributed by atoms with Crippen LogP contribution in [0, 0.1) is 5.92 Å². The van der Waals surface area contributed by atoms with Crippen molar-refractivity contribution in [1.82, 2.24) is 15.2 Å². The van der Waals surface area contributed by atoms with Crippen LogP contribution >= 0.6 is 0 Å². The van der Waals surface area contributed by atoms with Gasteiger partial charge in [0.25, 0.3) is 0 Å². The first kappa shape index (κ1) is 16.4. The summed E-state index contributed by atoms with van der Waals surface area (Å²) >= 11 is 0. The number of rotatable bonds is 8. The Morgan fingerprint density at radius 1 is 1.55 bits per heavy atom. The van der Waals surface area contributed by atoms with Crippen molar-refractivity contribution in [3.63, 3.8) is 0 Å². The van der Waals surface area contributed by atoms with Gasteiger partial charge in [-0.25, -0.2) is 0 Å². The van der Waals surface area contributed by atoms with E-state index < -0.39 is 0 Å². The van der Waals surface area contributed by atoms with E-state index in [1.165, 1.54) is 0 Å². The third kappa shape index (κ3) is 4.80. The summed E-state index contributed by atoms with van der Waals surface area (Å²) in [6.45, 7) is 4.89. The summed E-state index contributed by atoms with van der Waals surface area (Å²) in [5.41, 5.74) is 0.953. The summed E-state index contributed by atoms with van der Waals surface area (Å²) in [6, 6.07) is 3.74. The molecule has 0 radical (unpaired) electrons. The highest BCUT2D eigenvalue weighted by molar-refractivity contribution is 5.89. The fourth-order valence-corrected chi connectivity index (χ4v) is 2.50. The van der Waals surface area contributed by atoms with E-state index in [2.05, 4.69) is 10.3 Å². The lowest BCUT2D eigenvalue weighted by atomic mass is 10.1. The van der Waals surface area contributed by atoms with Crippen LogP contribution in [0.5, 0.6) is 0 Å². The zero-order valence-corrected chi connectivity index (χ0v) is 13.0. The third-order valence-corrected chi connectivity index (χ3v) is 3.70. The largest absolute Gasteiger partial charge is 0.382 e. The molecular formula is C16H23N3O3. The molecule has 6 nitrogen and oxygen atoms in total. The Morgan fingerprint density at radius 2 is 2.41 bits per heavy atom. The second kappa shape index (κ2) is 8.48. The van der Waals surface area contributed by atoms with Gasteiger partial charge in [-0.2, -0.15) is 0 Å². The Kier molecular flexibility index (Phi) is 6.33. The fourth-order valence-electron chi connectivity index (χ4n) is 2.50.